The van der Waals surface area contributed by atoms with Gasteiger partial charge < -0.3 is 10.1 Å². The summed E-state index contributed by atoms with van der Waals surface area (Å²) in [5, 5.41) is 7.76. The molecule has 4 nitrogen and oxygen atoms in total. The van der Waals surface area contributed by atoms with E-state index in [0.717, 1.165) is 44.0 Å². The van der Waals surface area contributed by atoms with Crippen molar-refractivity contribution in [3.63, 3.8) is 0 Å². The highest BCUT2D eigenvalue weighted by Crippen LogP contribution is 2.25. The normalized spacial score (nSPS) is 13.3. The van der Waals surface area contributed by atoms with Gasteiger partial charge in [0.25, 0.3) is 0 Å². The fraction of sp³-hybridized carbons (Fsp3) is 0.400. The summed E-state index contributed by atoms with van der Waals surface area (Å²) in [4.78, 5) is 0. The number of ether oxygens (including phenoxy) is 1. The predicted octanol–water partition coefficient (Wildman–Crippen LogP) is 1.69. The van der Waals surface area contributed by atoms with E-state index in [1.165, 1.54) is 11.1 Å². The molecular formula is C15H19N3O. The first kappa shape index (κ1) is 12.2. The van der Waals surface area contributed by atoms with E-state index in [9.17, 15) is 0 Å². The molecule has 2 aromatic rings. The van der Waals surface area contributed by atoms with Crippen molar-refractivity contribution in [1.29, 1.82) is 0 Å². The molecule has 0 saturated carbocycles. The summed E-state index contributed by atoms with van der Waals surface area (Å²) in [6, 6.07) is 8.56. The lowest BCUT2D eigenvalue weighted by molar-refractivity contribution is 0.357. The van der Waals surface area contributed by atoms with Gasteiger partial charge in [0.1, 0.15) is 5.75 Å². The smallest absolute Gasteiger partial charge is 0.122 e. The van der Waals surface area contributed by atoms with Gasteiger partial charge in [0.15, 0.2) is 0 Å². The van der Waals surface area contributed by atoms with Crippen LogP contribution in [0.1, 0.15) is 16.8 Å². The average molecular weight is 257 g/mol. The van der Waals surface area contributed by atoms with E-state index >= 15 is 0 Å². The highest BCUT2D eigenvalue weighted by Gasteiger charge is 2.11. The fourth-order valence-corrected chi connectivity index (χ4v) is 2.40. The van der Waals surface area contributed by atoms with Crippen molar-refractivity contribution in [2.24, 2.45) is 7.05 Å². The second kappa shape index (κ2) is 5.45. The van der Waals surface area contributed by atoms with Crippen LogP contribution in [0.3, 0.4) is 0 Å². The number of hydrogen-bond donors (Lipinski definition) is 1. The van der Waals surface area contributed by atoms with Crippen LogP contribution in [-0.2, 0) is 26.4 Å². The second-order valence-corrected chi connectivity index (χ2v) is 4.95. The van der Waals surface area contributed by atoms with Gasteiger partial charge in [0.2, 0.25) is 0 Å². The van der Waals surface area contributed by atoms with Crippen LogP contribution in [0.25, 0.3) is 0 Å². The van der Waals surface area contributed by atoms with Crippen LogP contribution >= 0.6 is 0 Å². The van der Waals surface area contributed by atoms with Gasteiger partial charge in [-0.25, -0.2) is 0 Å². The highest BCUT2D eigenvalue weighted by atomic mass is 16.5. The summed E-state index contributed by atoms with van der Waals surface area (Å²) < 4.78 is 7.34. The zero-order valence-corrected chi connectivity index (χ0v) is 11.2. The number of nitrogens with one attached hydrogen (secondary N) is 1. The number of aromatic nitrogens is 2. The molecule has 0 fully saturated rings. The minimum Gasteiger partial charge on any atom is -0.493 e. The number of rotatable bonds is 5. The van der Waals surface area contributed by atoms with Crippen LogP contribution in [0, 0.1) is 0 Å². The Balaban J connectivity index is 1.47. The summed E-state index contributed by atoms with van der Waals surface area (Å²) >= 11 is 0. The van der Waals surface area contributed by atoms with Crippen LogP contribution in [0.2, 0.25) is 0 Å². The number of benzene rings is 1. The van der Waals surface area contributed by atoms with Gasteiger partial charge in [-0.3, -0.25) is 4.68 Å². The standard InChI is InChI=1S/C15H19N3O/c1-18-8-5-14(17-18)11-16-7-4-12-2-3-15-13(10-12)6-9-19-15/h2-3,5,8,10,16H,4,6-7,9,11H2,1H3. The molecular weight excluding hydrogens is 238 g/mol. The van der Waals surface area contributed by atoms with E-state index in [0.29, 0.717) is 0 Å². The maximum atomic E-state index is 5.51. The third-order valence-corrected chi connectivity index (χ3v) is 3.42. The van der Waals surface area contributed by atoms with Crippen molar-refractivity contribution in [1.82, 2.24) is 15.1 Å². The van der Waals surface area contributed by atoms with E-state index < -0.39 is 0 Å². The van der Waals surface area contributed by atoms with Crippen molar-refractivity contribution < 1.29 is 4.74 Å². The minimum atomic E-state index is 0.828. The highest BCUT2D eigenvalue weighted by molar-refractivity contribution is 5.39. The Labute approximate surface area is 113 Å². The molecule has 3 rings (SSSR count). The fourth-order valence-electron chi connectivity index (χ4n) is 2.40. The van der Waals surface area contributed by atoms with E-state index in [4.69, 9.17) is 4.74 Å². The van der Waals surface area contributed by atoms with Gasteiger partial charge in [-0.1, -0.05) is 12.1 Å². The van der Waals surface area contributed by atoms with Crippen LogP contribution in [0.15, 0.2) is 30.5 Å². The van der Waals surface area contributed by atoms with Gasteiger partial charge in [-0.15, -0.1) is 0 Å². The molecule has 0 amide bonds. The van der Waals surface area contributed by atoms with E-state index in [1.807, 2.05) is 24.0 Å². The molecule has 4 heteroatoms. The lowest BCUT2D eigenvalue weighted by atomic mass is 10.1. The van der Waals surface area contributed by atoms with E-state index in [-0.39, 0.29) is 0 Å². The first-order valence-corrected chi connectivity index (χ1v) is 6.75. The molecule has 100 valence electrons. The van der Waals surface area contributed by atoms with Gasteiger partial charge in [-0.2, -0.15) is 5.10 Å². The Kier molecular flexibility index (Phi) is 3.51. The van der Waals surface area contributed by atoms with Gasteiger partial charge >= 0.3 is 0 Å². The summed E-state index contributed by atoms with van der Waals surface area (Å²) in [6.07, 6.45) is 4.06. The Morgan fingerprint density at radius 2 is 2.32 bits per heavy atom. The zero-order valence-electron chi connectivity index (χ0n) is 11.2. The average Bonchev–Trinajstić information content (AvgIpc) is 3.03. The molecule has 1 aromatic heterocycles. The quantitative estimate of drug-likeness (QED) is 0.828. The summed E-state index contributed by atoms with van der Waals surface area (Å²) in [5.41, 5.74) is 3.81. The Hall–Kier alpha value is -1.81. The Morgan fingerprint density at radius 1 is 1.37 bits per heavy atom. The van der Waals surface area contributed by atoms with Crippen molar-refractivity contribution in [3.05, 3.63) is 47.3 Å². The Bertz CT molecular complexity index is 562. The molecule has 0 unspecified atom stereocenters. The number of nitrogens with zero attached hydrogens (tertiary/aromatic N) is 2. The number of aryl methyl sites for hydroxylation is 1. The van der Waals surface area contributed by atoms with Crippen LogP contribution in [0.4, 0.5) is 0 Å². The summed E-state index contributed by atoms with van der Waals surface area (Å²) in [7, 11) is 1.94. The monoisotopic (exact) mass is 257 g/mol. The van der Waals surface area contributed by atoms with E-state index in [2.05, 4.69) is 28.6 Å². The first-order chi connectivity index (χ1) is 9.31. The number of fused-ring (bicyclic) bond motifs is 1. The van der Waals surface area contributed by atoms with E-state index in [1.54, 1.807) is 0 Å². The molecule has 0 radical (unpaired) electrons. The van der Waals surface area contributed by atoms with Crippen molar-refractivity contribution in [3.8, 4) is 5.75 Å². The zero-order chi connectivity index (χ0) is 13.1. The molecule has 0 bridgehead atoms. The minimum absolute atomic E-state index is 0.828. The van der Waals surface area contributed by atoms with Crippen molar-refractivity contribution in [2.45, 2.75) is 19.4 Å². The molecule has 0 atom stereocenters. The van der Waals surface area contributed by atoms with Gasteiger partial charge in [-0.05, 0) is 36.2 Å². The Morgan fingerprint density at radius 3 is 3.16 bits per heavy atom. The summed E-state index contributed by atoms with van der Waals surface area (Å²) in [6.45, 7) is 2.63. The maximum Gasteiger partial charge on any atom is 0.122 e. The largest absolute Gasteiger partial charge is 0.493 e. The van der Waals surface area contributed by atoms with Crippen molar-refractivity contribution >= 4 is 0 Å². The SMILES string of the molecule is Cn1ccc(CNCCc2ccc3c(c2)CCO3)n1. The molecule has 1 aliphatic heterocycles. The molecule has 0 saturated heterocycles. The van der Waals surface area contributed by atoms with Crippen molar-refractivity contribution in [2.75, 3.05) is 13.2 Å². The third kappa shape index (κ3) is 2.96. The van der Waals surface area contributed by atoms with Gasteiger partial charge in [0.05, 0.1) is 12.3 Å². The molecule has 0 spiro atoms. The number of hydrogen-bond acceptors (Lipinski definition) is 3. The molecule has 1 aromatic carbocycles. The molecule has 0 aliphatic carbocycles. The van der Waals surface area contributed by atoms with Crippen LogP contribution in [0.5, 0.6) is 5.75 Å². The lowest BCUT2D eigenvalue weighted by Gasteiger charge is -2.05. The molecule has 2 heterocycles. The molecule has 19 heavy (non-hydrogen) atoms. The first-order valence-electron chi connectivity index (χ1n) is 6.75. The maximum absolute atomic E-state index is 5.51. The van der Waals surface area contributed by atoms with Crippen LogP contribution < -0.4 is 10.1 Å². The predicted molar refractivity (Wildman–Crippen MR) is 74.3 cm³/mol. The molecule has 1 N–H and O–H groups in total. The third-order valence-electron chi connectivity index (χ3n) is 3.42. The second-order valence-electron chi connectivity index (χ2n) is 4.95. The topological polar surface area (TPSA) is 39.1 Å². The van der Waals surface area contributed by atoms with Gasteiger partial charge in [0, 0.05) is 26.2 Å². The summed E-state index contributed by atoms with van der Waals surface area (Å²) in [5.74, 6) is 1.06. The molecule has 1 aliphatic rings. The van der Waals surface area contributed by atoms with Crippen LogP contribution in [-0.4, -0.2) is 22.9 Å². The lowest BCUT2D eigenvalue weighted by Crippen LogP contribution is -2.17.